The Hall–Kier alpha value is -0.900. The second-order valence-electron chi connectivity index (χ2n) is 3.55. The number of hydrogen-bond donors (Lipinski definition) is 1. The molecule has 0 bridgehead atoms. The molecule has 0 unspecified atom stereocenters. The van der Waals surface area contributed by atoms with Gasteiger partial charge in [-0.25, -0.2) is 4.98 Å². The lowest BCUT2D eigenvalue weighted by atomic mass is 10.1. The van der Waals surface area contributed by atoms with Crippen molar-refractivity contribution in [2.75, 3.05) is 7.05 Å². The van der Waals surface area contributed by atoms with Crippen molar-refractivity contribution in [3.8, 4) is 10.4 Å². The van der Waals surface area contributed by atoms with Gasteiger partial charge in [-0.15, -0.1) is 11.3 Å². The van der Waals surface area contributed by atoms with Crippen LogP contribution in [0.1, 0.15) is 10.7 Å². The van der Waals surface area contributed by atoms with Gasteiger partial charge in [0.2, 0.25) is 0 Å². The zero-order chi connectivity index (χ0) is 11.5. The number of halogens is 1. The third-order valence-electron chi connectivity index (χ3n) is 2.25. The van der Waals surface area contributed by atoms with E-state index < -0.39 is 0 Å². The Kier molecular flexibility index (Phi) is 3.59. The molecular weight excluding hydrogens is 240 g/mol. The Balaban J connectivity index is 2.42. The first-order valence-electron chi connectivity index (χ1n) is 5.07. The summed E-state index contributed by atoms with van der Waals surface area (Å²) in [4.78, 5) is 5.75. The molecule has 0 aliphatic rings. The summed E-state index contributed by atoms with van der Waals surface area (Å²) < 4.78 is 0. The minimum Gasteiger partial charge on any atom is -0.314 e. The van der Waals surface area contributed by atoms with Crippen molar-refractivity contribution in [2.45, 2.75) is 13.5 Å². The molecule has 2 rings (SSSR count). The van der Waals surface area contributed by atoms with E-state index in [-0.39, 0.29) is 0 Å². The molecule has 2 nitrogen and oxygen atoms in total. The zero-order valence-electron chi connectivity index (χ0n) is 9.25. The van der Waals surface area contributed by atoms with E-state index in [4.69, 9.17) is 11.6 Å². The first kappa shape index (κ1) is 11.6. The summed E-state index contributed by atoms with van der Waals surface area (Å²) >= 11 is 7.60. The highest BCUT2D eigenvalue weighted by Gasteiger charge is 2.10. The maximum atomic E-state index is 5.88. The molecule has 0 saturated carbocycles. The van der Waals surface area contributed by atoms with Crippen molar-refractivity contribution in [3.63, 3.8) is 0 Å². The van der Waals surface area contributed by atoms with Gasteiger partial charge < -0.3 is 5.32 Å². The van der Waals surface area contributed by atoms with Crippen LogP contribution >= 0.6 is 22.9 Å². The van der Waals surface area contributed by atoms with Crippen LogP contribution in [0.15, 0.2) is 24.3 Å². The lowest BCUT2D eigenvalue weighted by molar-refractivity contribution is 0.796. The van der Waals surface area contributed by atoms with Crippen LogP contribution in [0.2, 0.25) is 5.02 Å². The molecule has 0 fully saturated rings. The fourth-order valence-corrected chi connectivity index (χ4v) is 2.65. The van der Waals surface area contributed by atoms with Gasteiger partial charge in [0.1, 0.15) is 0 Å². The van der Waals surface area contributed by atoms with Crippen LogP contribution < -0.4 is 5.32 Å². The second-order valence-corrected chi connectivity index (χ2v) is 5.19. The van der Waals surface area contributed by atoms with Gasteiger partial charge in [-0.05, 0) is 31.7 Å². The van der Waals surface area contributed by atoms with Gasteiger partial charge in [-0.2, -0.15) is 0 Å². The highest BCUT2D eigenvalue weighted by Crippen LogP contribution is 2.30. The van der Waals surface area contributed by atoms with Gasteiger partial charge in [0, 0.05) is 11.6 Å². The van der Waals surface area contributed by atoms with Crippen molar-refractivity contribution < 1.29 is 0 Å². The van der Waals surface area contributed by atoms with E-state index in [1.165, 1.54) is 10.4 Å². The summed E-state index contributed by atoms with van der Waals surface area (Å²) in [7, 11) is 1.93. The monoisotopic (exact) mass is 252 g/mol. The van der Waals surface area contributed by atoms with Gasteiger partial charge >= 0.3 is 0 Å². The molecule has 0 radical (unpaired) electrons. The SMILES string of the molecule is CNCc1nc(C)sc1-c1ccc(Cl)cc1. The number of aromatic nitrogens is 1. The summed E-state index contributed by atoms with van der Waals surface area (Å²) in [6.45, 7) is 2.82. The maximum Gasteiger partial charge on any atom is 0.0904 e. The minimum atomic E-state index is 0.764. The summed E-state index contributed by atoms with van der Waals surface area (Å²) in [5.41, 5.74) is 2.28. The largest absolute Gasteiger partial charge is 0.314 e. The van der Waals surface area contributed by atoms with E-state index in [9.17, 15) is 0 Å². The van der Waals surface area contributed by atoms with E-state index in [1.54, 1.807) is 11.3 Å². The third-order valence-corrected chi connectivity index (χ3v) is 3.57. The van der Waals surface area contributed by atoms with Crippen LogP contribution in [-0.2, 0) is 6.54 Å². The number of nitrogens with zero attached hydrogens (tertiary/aromatic N) is 1. The van der Waals surface area contributed by atoms with Crippen molar-refractivity contribution in [1.82, 2.24) is 10.3 Å². The lowest BCUT2D eigenvalue weighted by Gasteiger charge is -2.01. The third kappa shape index (κ3) is 2.43. The molecule has 0 amide bonds. The molecule has 2 aromatic rings. The molecule has 0 aliphatic carbocycles. The van der Waals surface area contributed by atoms with Crippen molar-refractivity contribution in [3.05, 3.63) is 40.0 Å². The Morgan fingerprint density at radius 1 is 1.31 bits per heavy atom. The van der Waals surface area contributed by atoms with Crippen molar-refractivity contribution >= 4 is 22.9 Å². The number of thiazole rings is 1. The summed E-state index contributed by atoms with van der Waals surface area (Å²) in [6, 6.07) is 7.90. The highest BCUT2D eigenvalue weighted by molar-refractivity contribution is 7.15. The maximum absolute atomic E-state index is 5.88. The standard InChI is InChI=1S/C12H13ClN2S/c1-8-15-11(7-14-2)12(16-8)9-3-5-10(13)6-4-9/h3-6,14H,7H2,1-2H3. The van der Waals surface area contributed by atoms with Gasteiger partial charge in [0.25, 0.3) is 0 Å². The number of hydrogen-bond acceptors (Lipinski definition) is 3. The molecule has 1 aromatic carbocycles. The van der Waals surface area contributed by atoms with E-state index in [0.29, 0.717) is 0 Å². The van der Waals surface area contributed by atoms with Crippen LogP contribution in [0, 0.1) is 6.92 Å². The number of nitrogens with one attached hydrogen (secondary N) is 1. The Morgan fingerprint density at radius 3 is 2.62 bits per heavy atom. The van der Waals surface area contributed by atoms with Gasteiger partial charge in [-0.3, -0.25) is 0 Å². The Morgan fingerprint density at radius 2 is 2.00 bits per heavy atom. The van der Waals surface area contributed by atoms with E-state index in [0.717, 1.165) is 22.3 Å². The molecule has 1 N–H and O–H groups in total. The van der Waals surface area contributed by atoms with Crippen LogP contribution in [0.3, 0.4) is 0 Å². The summed E-state index contributed by atoms with van der Waals surface area (Å²) in [5.74, 6) is 0. The topological polar surface area (TPSA) is 24.9 Å². The highest BCUT2D eigenvalue weighted by atomic mass is 35.5. The smallest absolute Gasteiger partial charge is 0.0904 e. The van der Waals surface area contributed by atoms with Crippen LogP contribution in [-0.4, -0.2) is 12.0 Å². The predicted octanol–water partition coefficient (Wildman–Crippen LogP) is 3.49. The normalized spacial score (nSPS) is 10.7. The molecule has 0 saturated heterocycles. The van der Waals surface area contributed by atoms with Gasteiger partial charge in [0.05, 0.1) is 15.6 Å². The molecule has 1 aromatic heterocycles. The molecular formula is C12H13ClN2S. The fourth-order valence-electron chi connectivity index (χ4n) is 1.58. The second kappa shape index (κ2) is 4.95. The Labute approximate surface area is 104 Å². The lowest BCUT2D eigenvalue weighted by Crippen LogP contribution is -2.06. The molecule has 1 heterocycles. The van der Waals surface area contributed by atoms with Crippen LogP contribution in [0.5, 0.6) is 0 Å². The summed E-state index contributed by atoms with van der Waals surface area (Å²) in [5, 5.41) is 4.99. The average molecular weight is 253 g/mol. The zero-order valence-corrected chi connectivity index (χ0v) is 10.8. The first-order valence-corrected chi connectivity index (χ1v) is 6.27. The van der Waals surface area contributed by atoms with Crippen molar-refractivity contribution in [2.24, 2.45) is 0 Å². The quantitative estimate of drug-likeness (QED) is 0.905. The summed E-state index contributed by atoms with van der Waals surface area (Å²) in [6.07, 6.45) is 0. The van der Waals surface area contributed by atoms with E-state index in [1.807, 2.05) is 38.2 Å². The first-order chi connectivity index (χ1) is 7.70. The predicted molar refractivity (Wildman–Crippen MR) is 70.1 cm³/mol. The molecule has 84 valence electrons. The average Bonchev–Trinajstić information content (AvgIpc) is 2.61. The van der Waals surface area contributed by atoms with E-state index in [2.05, 4.69) is 10.3 Å². The van der Waals surface area contributed by atoms with Gasteiger partial charge in [0.15, 0.2) is 0 Å². The minimum absolute atomic E-state index is 0.764. The fraction of sp³-hybridized carbons (Fsp3) is 0.250. The Bertz CT molecular complexity index is 476. The van der Waals surface area contributed by atoms with Crippen molar-refractivity contribution in [1.29, 1.82) is 0 Å². The van der Waals surface area contributed by atoms with Gasteiger partial charge in [-0.1, -0.05) is 23.7 Å². The molecule has 4 heteroatoms. The molecule has 16 heavy (non-hydrogen) atoms. The van der Waals surface area contributed by atoms with Crippen LogP contribution in [0.4, 0.5) is 0 Å². The molecule has 0 aliphatic heterocycles. The number of rotatable bonds is 3. The molecule has 0 spiro atoms. The van der Waals surface area contributed by atoms with E-state index >= 15 is 0 Å². The number of aryl methyl sites for hydroxylation is 1. The van der Waals surface area contributed by atoms with Crippen LogP contribution in [0.25, 0.3) is 10.4 Å². The number of benzene rings is 1. The molecule has 0 atom stereocenters.